The molecule has 8 heteroatoms. The number of nitrogens with zero attached hydrogens (tertiary/aromatic N) is 3. The fraction of sp³-hybridized carbons (Fsp3) is 0.708. The number of rotatable bonds is 5. The zero-order valence-electron chi connectivity index (χ0n) is 20.3. The summed E-state index contributed by atoms with van der Waals surface area (Å²) >= 11 is 0. The standard InChI is InChI=1S/C24H38N4O4/c1-23(2,3)31-21(29)26-18-8-7-13-27(16-18)19-11-12-20(25-14-19)28(15-17-9-10-17)22(30)32-24(4,5)6/h11-12,14,17-18H,7-10,13,15-16H2,1-6H3,(H,26,29). The average Bonchev–Trinajstić information content (AvgIpc) is 3.48. The summed E-state index contributed by atoms with van der Waals surface area (Å²) in [7, 11) is 0. The Kier molecular flexibility index (Phi) is 7.20. The van der Waals surface area contributed by atoms with Crippen molar-refractivity contribution in [2.75, 3.05) is 29.4 Å². The summed E-state index contributed by atoms with van der Waals surface area (Å²) in [5, 5.41) is 2.98. The number of aromatic nitrogens is 1. The van der Waals surface area contributed by atoms with Gasteiger partial charge in [0.25, 0.3) is 0 Å². The molecule has 8 nitrogen and oxygen atoms in total. The highest BCUT2D eigenvalue weighted by molar-refractivity contribution is 5.87. The van der Waals surface area contributed by atoms with Crippen LogP contribution in [0.2, 0.25) is 0 Å². The molecule has 32 heavy (non-hydrogen) atoms. The van der Waals surface area contributed by atoms with Crippen LogP contribution in [0.3, 0.4) is 0 Å². The SMILES string of the molecule is CC(C)(C)OC(=O)NC1CCCN(c2ccc(N(CC3CC3)C(=O)OC(C)(C)C)nc2)C1. The van der Waals surface area contributed by atoms with Crippen LogP contribution in [-0.4, -0.2) is 54.0 Å². The van der Waals surface area contributed by atoms with E-state index in [4.69, 9.17) is 9.47 Å². The molecular weight excluding hydrogens is 408 g/mol. The Balaban J connectivity index is 1.64. The molecule has 2 fully saturated rings. The highest BCUT2D eigenvalue weighted by Crippen LogP contribution is 2.32. The lowest BCUT2D eigenvalue weighted by atomic mass is 10.1. The maximum atomic E-state index is 12.8. The largest absolute Gasteiger partial charge is 0.444 e. The van der Waals surface area contributed by atoms with Gasteiger partial charge in [-0.1, -0.05) is 0 Å². The fourth-order valence-electron chi connectivity index (χ4n) is 3.67. The smallest absolute Gasteiger partial charge is 0.416 e. The highest BCUT2D eigenvalue weighted by atomic mass is 16.6. The summed E-state index contributed by atoms with van der Waals surface area (Å²) < 4.78 is 11.0. The molecule has 0 aromatic carbocycles. The number of anilines is 2. The number of piperidine rings is 1. The van der Waals surface area contributed by atoms with Gasteiger partial charge in [0.2, 0.25) is 0 Å². The Hall–Kier alpha value is -2.51. The summed E-state index contributed by atoms with van der Waals surface area (Å²) in [5.74, 6) is 1.13. The van der Waals surface area contributed by atoms with Crippen molar-refractivity contribution in [1.82, 2.24) is 10.3 Å². The van der Waals surface area contributed by atoms with Crippen LogP contribution in [0.1, 0.15) is 67.2 Å². The van der Waals surface area contributed by atoms with Crippen molar-refractivity contribution in [1.29, 1.82) is 0 Å². The first-order valence-corrected chi connectivity index (χ1v) is 11.6. The van der Waals surface area contributed by atoms with E-state index in [-0.39, 0.29) is 18.2 Å². The molecule has 0 bridgehead atoms. The van der Waals surface area contributed by atoms with Crippen molar-refractivity contribution in [2.24, 2.45) is 5.92 Å². The first kappa shape index (κ1) is 24.1. The third-order valence-corrected chi connectivity index (χ3v) is 5.27. The Bertz CT molecular complexity index is 794. The number of carbonyl (C=O) groups excluding carboxylic acids is 2. The minimum Gasteiger partial charge on any atom is -0.444 e. The van der Waals surface area contributed by atoms with Gasteiger partial charge in [-0.3, -0.25) is 4.90 Å². The number of amides is 2. The van der Waals surface area contributed by atoms with Crippen molar-refractivity contribution < 1.29 is 19.1 Å². The van der Waals surface area contributed by atoms with Crippen LogP contribution < -0.4 is 15.1 Å². The van der Waals surface area contributed by atoms with Gasteiger partial charge in [0.05, 0.1) is 11.9 Å². The van der Waals surface area contributed by atoms with Crippen LogP contribution >= 0.6 is 0 Å². The molecule has 1 saturated carbocycles. The van der Waals surface area contributed by atoms with Crippen LogP contribution in [0.4, 0.5) is 21.1 Å². The predicted octanol–water partition coefficient (Wildman–Crippen LogP) is 4.73. The van der Waals surface area contributed by atoms with E-state index in [1.807, 2.05) is 53.7 Å². The maximum absolute atomic E-state index is 12.8. The van der Waals surface area contributed by atoms with E-state index in [9.17, 15) is 9.59 Å². The van der Waals surface area contributed by atoms with Gasteiger partial charge in [-0.25, -0.2) is 14.6 Å². The van der Waals surface area contributed by atoms with E-state index in [1.54, 1.807) is 11.1 Å². The van der Waals surface area contributed by atoms with Crippen LogP contribution in [0.5, 0.6) is 0 Å². The zero-order chi connectivity index (χ0) is 23.5. The maximum Gasteiger partial charge on any atom is 0.416 e. The van der Waals surface area contributed by atoms with Crippen molar-refractivity contribution >= 4 is 23.7 Å². The monoisotopic (exact) mass is 446 g/mol. The minimum atomic E-state index is -0.553. The molecule has 1 atom stereocenters. The molecule has 0 spiro atoms. The van der Waals surface area contributed by atoms with Crippen molar-refractivity contribution in [2.45, 2.75) is 84.5 Å². The lowest BCUT2D eigenvalue weighted by Crippen LogP contribution is -2.49. The number of hydrogen-bond acceptors (Lipinski definition) is 6. The molecule has 2 amide bonds. The molecule has 1 aliphatic carbocycles. The Labute approximate surface area is 191 Å². The normalized spacial score (nSPS) is 19.3. The van der Waals surface area contributed by atoms with Gasteiger partial charge in [0, 0.05) is 25.7 Å². The third-order valence-electron chi connectivity index (χ3n) is 5.27. The van der Waals surface area contributed by atoms with Crippen LogP contribution in [0, 0.1) is 5.92 Å². The number of nitrogens with one attached hydrogen (secondary N) is 1. The van der Waals surface area contributed by atoms with Crippen molar-refractivity contribution in [3.8, 4) is 0 Å². The average molecular weight is 447 g/mol. The first-order valence-electron chi connectivity index (χ1n) is 11.6. The van der Waals surface area contributed by atoms with Gasteiger partial charge in [0.15, 0.2) is 0 Å². The molecule has 178 valence electrons. The van der Waals surface area contributed by atoms with Gasteiger partial charge in [0.1, 0.15) is 17.0 Å². The molecule has 1 aromatic heterocycles. The zero-order valence-corrected chi connectivity index (χ0v) is 20.3. The van der Waals surface area contributed by atoms with E-state index in [1.165, 1.54) is 0 Å². The second-order valence-corrected chi connectivity index (χ2v) is 10.8. The van der Waals surface area contributed by atoms with Gasteiger partial charge in [-0.2, -0.15) is 0 Å². The summed E-state index contributed by atoms with van der Waals surface area (Å²) in [6, 6.07) is 3.89. The minimum absolute atomic E-state index is 0.0198. The van der Waals surface area contributed by atoms with E-state index in [0.717, 1.165) is 37.9 Å². The molecule has 1 aromatic rings. The summed E-state index contributed by atoms with van der Waals surface area (Å²) in [6.45, 7) is 13.4. The topological polar surface area (TPSA) is 84.0 Å². The molecule has 1 N–H and O–H groups in total. The van der Waals surface area contributed by atoms with Crippen molar-refractivity contribution in [3.05, 3.63) is 18.3 Å². The molecule has 2 aliphatic rings. The van der Waals surface area contributed by atoms with Crippen LogP contribution in [-0.2, 0) is 9.47 Å². The van der Waals surface area contributed by atoms with Crippen molar-refractivity contribution in [3.63, 3.8) is 0 Å². The quantitative estimate of drug-likeness (QED) is 0.704. The van der Waals surface area contributed by atoms with E-state index in [0.29, 0.717) is 24.8 Å². The number of carbonyl (C=O) groups is 2. The van der Waals surface area contributed by atoms with Crippen LogP contribution in [0.15, 0.2) is 18.3 Å². The Morgan fingerprint density at radius 2 is 1.78 bits per heavy atom. The van der Waals surface area contributed by atoms with Gasteiger partial charge in [-0.05, 0) is 85.3 Å². The van der Waals surface area contributed by atoms with E-state index in [2.05, 4.69) is 15.2 Å². The Morgan fingerprint density at radius 3 is 2.34 bits per heavy atom. The van der Waals surface area contributed by atoms with Gasteiger partial charge in [-0.15, -0.1) is 0 Å². The van der Waals surface area contributed by atoms with Crippen LogP contribution in [0.25, 0.3) is 0 Å². The van der Waals surface area contributed by atoms with Gasteiger partial charge < -0.3 is 19.7 Å². The second kappa shape index (κ2) is 9.55. The lowest BCUT2D eigenvalue weighted by Gasteiger charge is -2.35. The molecule has 2 heterocycles. The third kappa shape index (κ3) is 7.57. The number of alkyl carbamates (subject to hydrolysis) is 1. The molecule has 0 radical (unpaired) electrons. The molecule has 1 aliphatic heterocycles. The van der Waals surface area contributed by atoms with E-state index >= 15 is 0 Å². The number of hydrogen-bond donors (Lipinski definition) is 1. The van der Waals surface area contributed by atoms with Gasteiger partial charge >= 0.3 is 12.2 Å². The Morgan fingerprint density at radius 1 is 1.09 bits per heavy atom. The first-order chi connectivity index (χ1) is 14.9. The number of ether oxygens (including phenoxy) is 2. The fourth-order valence-corrected chi connectivity index (χ4v) is 3.67. The molecule has 1 saturated heterocycles. The lowest BCUT2D eigenvalue weighted by molar-refractivity contribution is 0.0498. The molecule has 1 unspecified atom stereocenters. The summed E-state index contributed by atoms with van der Waals surface area (Å²) in [4.78, 5) is 33.3. The molecule has 3 rings (SSSR count). The predicted molar refractivity (Wildman–Crippen MR) is 125 cm³/mol. The summed E-state index contributed by atoms with van der Waals surface area (Å²) in [6.07, 6.45) is 5.21. The highest BCUT2D eigenvalue weighted by Gasteiger charge is 2.31. The van der Waals surface area contributed by atoms with E-state index < -0.39 is 11.2 Å². The number of pyridine rings is 1. The second-order valence-electron chi connectivity index (χ2n) is 10.8. The molecular formula is C24H38N4O4. The summed E-state index contributed by atoms with van der Waals surface area (Å²) in [5.41, 5.74) is -0.0958.